The Hall–Kier alpha value is -1.23. The SMILES string of the molecule is CCS(=O)C1CC2=CC(=O)C=CC2(C)[C@H]2CCC3(C)C(CCC34CCOC4=O)C12. The molecule has 158 valence electrons. The fourth-order valence-electron chi connectivity index (χ4n) is 8.07. The predicted octanol–water partition coefficient (Wildman–Crippen LogP) is 3.97. The zero-order valence-electron chi connectivity index (χ0n) is 17.7. The number of cyclic esters (lactones) is 1. The molecule has 0 bridgehead atoms. The van der Waals surface area contributed by atoms with Gasteiger partial charge in [0, 0.05) is 27.2 Å². The predicted molar refractivity (Wildman–Crippen MR) is 112 cm³/mol. The van der Waals surface area contributed by atoms with Crippen LogP contribution >= 0.6 is 0 Å². The second kappa shape index (κ2) is 6.38. The molecule has 0 aromatic carbocycles. The van der Waals surface area contributed by atoms with Crippen LogP contribution in [0.3, 0.4) is 0 Å². The van der Waals surface area contributed by atoms with E-state index in [1.165, 1.54) is 5.57 Å². The van der Waals surface area contributed by atoms with Crippen molar-refractivity contribution in [1.29, 1.82) is 0 Å². The molecular formula is C24H32O4S. The van der Waals surface area contributed by atoms with E-state index in [0.717, 1.165) is 38.5 Å². The number of ketones is 1. The Kier molecular flexibility index (Phi) is 4.34. The molecule has 0 radical (unpaired) electrons. The average Bonchev–Trinajstić information content (AvgIpc) is 3.22. The highest BCUT2D eigenvalue weighted by atomic mass is 32.2. The maximum Gasteiger partial charge on any atom is 0.312 e. The van der Waals surface area contributed by atoms with Crippen molar-refractivity contribution in [2.24, 2.45) is 34.0 Å². The Balaban J connectivity index is 1.60. The maximum absolute atomic E-state index is 13.2. The first kappa shape index (κ1) is 19.7. The number of rotatable bonds is 2. The first-order chi connectivity index (χ1) is 13.8. The number of ether oxygens (including phenoxy) is 1. The molecule has 1 heterocycles. The fraction of sp³-hybridized carbons (Fsp3) is 0.750. The molecule has 29 heavy (non-hydrogen) atoms. The first-order valence-electron chi connectivity index (χ1n) is 11.3. The minimum Gasteiger partial charge on any atom is -0.465 e. The Labute approximate surface area is 176 Å². The van der Waals surface area contributed by atoms with Crippen LogP contribution in [0.15, 0.2) is 23.8 Å². The molecule has 0 aromatic heterocycles. The van der Waals surface area contributed by atoms with Gasteiger partial charge in [-0.3, -0.25) is 13.8 Å². The van der Waals surface area contributed by atoms with E-state index in [2.05, 4.69) is 19.9 Å². The summed E-state index contributed by atoms with van der Waals surface area (Å²) in [6, 6.07) is 0. The normalized spacial score (nSPS) is 49.3. The summed E-state index contributed by atoms with van der Waals surface area (Å²) in [6.45, 7) is 7.16. The van der Waals surface area contributed by atoms with Crippen molar-refractivity contribution in [3.8, 4) is 0 Å². The zero-order valence-corrected chi connectivity index (χ0v) is 18.6. The van der Waals surface area contributed by atoms with Crippen LogP contribution < -0.4 is 0 Å². The van der Waals surface area contributed by atoms with Gasteiger partial charge in [-0.2, -0.15) is 0 Å². The summed E-state index contributed by atoms with van der Waals surface area (Å²) in [5, 5.41) is 0.0841. The highest BCUT2D eigenvalue weighted by Crippen LogP contribution is 2.71. The van der Waals surface area contributed by atoms with Gasteiger partial charge < -0.3 is 4.74 Å². The highest BCUT2D eigenvalue weighted by molar-refractivity contribution is 7.85. The van der Waals surface area contributed by atoms with Gasteiger partial charge in [-0.05, 0) is 73.8 Å². The van der Waals surface area contributed by atoms with E-state index in [4.69, 9.17) is 4.74 Å². The minimum absolute atomic E-state index is 0.0138. The summed E-state index contributed by atoms with van der Waals surface area (Å²) >= 11 is 0. The molecule has 4 fully saturated rings. The minimum atomic E-state index is -0.918. The van der Waals surface area contributed by atoms with E-state index in [1.54, 1.807) is 6.08 Å². The summed E-state index contributed by atoms with van der Waals surface area (Å²) in [4.78, 5) is 25.0. The third-order valence-electron chi connectivity index (χ3n) is 9.70. The van der Waals surface area contributed by atoms with E-state index < -0.39 is 10.8 Å². The van der Waals surface area contributed by atoms with Gasteiger partial charge in [0.05, 0.1) is 12.0 Å². The van der Waals surface area contributed by atoms with Crippen molar-refractivity contribution in [3.05, 3.63) is 23.8 Å². The number of carbonyl (C=O) groups excluding carboxylic acids is 2. The molecule has 4 nitrogen and oxygen atoms in total. The topological polar surface area (TPSA) is 60.4 Å². The highest BCUT2D eigenvalue weighted by Gasteiger charge is 2.69. The smallest absolute Gasteiger partial charge is 0.312 e. The van der Waals surface area contributed by atoms with Gasteiger partial charge in [0.25, 0.3) is 0 Å². The van der Waals surface area contributed by atoms with Crippen molar-refractivity contribution in [2.45, 2.75) is 64.5 Å². The van der Waals surface area contributed by atoms with Crippen molar-refractivity contribution >= 4 is 22.6 Å². The molecule has 0 N–H and O–H groups in total. The summed E-state index contributed by atoms with van der Waals surface area (Å²) < 4.78 is 18.7. The summed E-state index contributed by atoms with van der Waals surface area (Å²) in [6.07, 6.45) is 11.2. The lowest BCUT2D eigenvalue weighted by molar-refractivity contribution is -0.156. The molecule has 5 aliphatic rings. The Morgan fingerprint density at radius 3 is 2.59 bits per heavy atom. The van der Waals surface area contributed by atoms with Crippen LogP contribution in [0.5, 0.6) is 0 Å². The lowest BCUT2D eigenvalue weighted by Crippen LogP contribution is -2.57. The van der Waals surface area contributed by atoms with Crippen LogP contribution in [0.2, 0.25) is 0 Å². The molecule has 1 spiro atoms. The van der Waals surface area contributed by atoms with E-state index in [9.17, 15) is 13.8 Å². The van der Waals surface area contributed by atoms with E-state index in [0.29, 0.717) is 30.1 Å². The van der Waals surface area contributed by atoms with Crippen LogP contribution in [0.25, 0.3) is 0 Å². The zero-order chi connectivity index (χ0) is 20.6. The lowest BCUT2D eigenvalue weighted by Gasteiger charge is -2.60. The number of fused-ring (bicyclic) bond motifs is 6. The Morgan fingerprint density at radius 1 is 1.14 bits per heavy atom. The molecule has 1 aliphatic heterocycles. The molecular weight excluding hydrogens is 384 g/mol. The number of hydrogen-bond acceptors (Lipinski definition) is 4. The van der Waals surface area contributed by atoms with E-state index >= 15 is 0 Å². The summed E-state index contributed by atoms with van der Waals surface area (Å²) in [5.41, 5.74) is 0.648. The largest absolute Gasteiger partial charge is 0.465 e. The van der Waals surface area contributed by atoms with Crippen LogP contribution in [0.4, 0.5) is 0 Å². The molecule has 5 heteroatoms. The van der Waals surface area contributed by atoms with Crippen LogP contribution in [0, 0.1) is 34.0 Å². The first-order valence-corrected chi connectivity index (χ1v) is 12.6. The standard InChI is InChI=1S/C24H32O4S/c1-4-29(27)19-14-15-13-16(25)5-8-22(15,2)17-6-9-23(3)18(20(17)19)7-10-24(23)11-12-28-21(24)26/h5,8,13,17-20H,4,6-7,9-12,14H2,1-3H3/t17-,18?,19?,20?,22?,23?,24?,29?/m0/s1. The molecule has 4 aliphatic carbocycles. The third-order valence-corrected chi connectivity index (χ3v) is 11.4. The second-order valence-electron chi connectivity index (χ2n) is 10.4. The average molecular weight is 417 g/mol. The van der Waals surface area contributed by atoms with Gasteiger partial charge in [0.1, 0.15) is 0 Å². The molecule has 3 saturated carbocycles. The molecule has 0 amide bonds. The number of hydrogen-bond donors (Lipinski definition) is 0. The Bertz CT molecular complexity index is 859. The van der Waals surface area contributed by atoms with Crippen molar-refractivity contribution in [3.63, 3.8) is 0 Å². The van der Waals surface area contributed by atoms with Crippen LogP contribution in [-0.4, -0.2) is 33.6 Å². The van der Waals surface area contributed by atoms with E-state index in [1.807, 2.05) is 13.0 Å². The summed E-state index contributed by atoms with van der Waals surface area (Å²) in [7, 11) is -0.918. The van der Waals surface area contributed by atoms with Crippen LogP contribution in [-0.2, 0) is 25.1 Å². The van der Waals surface area contributed by atoms with Crippen molar-refractivity contribution in [2.75, 3.05) is 12.4 Å². The fourth-order valence-corrected chi connectivity index (χ4v) is 9.59. The van der Waals surface area contributed by atoms with Gasteiger partial charge in [-0.25, -0.2) is 0 Å². The number of allylic oxidation sites excluding steroid dienone is 4. The van der Waals surface area contributed by atoms with Gasteiger partial charge in [-0.15, -0.1) is 0 Å². The lowest BCUT2D eigenvalue weighted by atomic mass is 9.45. The van der Waals surface area contributed by atoms with Gasteiger partial charge in [-0.1, -0.05) is 32.4 Å². The Morgan fingerprint density at radius 2 is 1.90 bits per heavy atom. The molecule has 8 atom stereocenters. The van der Waals surface area contributed by atoms with Gasteiger partial charge in [0.15, 0.2) is 5.78 Å². The van der Waals surface area contributed by atoms with Crippen LogP contribution in [0.1, 0.15) is 59.3 Å². The maximum atomic E-state index is 13.2. The molecule has 7 unspecified atom stereocenters. The number of esters is 1. The third kappa shape index (κ3) is 2.40. The monoisotopic (exact) mass is 416 g/mol. The molecule has 5 rings (SSSR count). The van der Waals surface area contributed by atoms with Gasteiger partial charge >= 0.3 is 5.97 Å². The summed E-state index contributed by atoms with van der Waals surface area (Å²) in [5.74, 6) is 1.85. The van der Waals surface area contributed by atoms with Gasteiger partial charge in [0.2, 0.25) is 0 Å². The second-order valence-corrected chi connectivity index (χ2v) is 12.3. The van der Waals surface area contributed by atoms with E-state index in [-0.39, 0.29) is 33.2 Å². The number of carbonyl (C=O) groups is 2. The van der Waals surface area contributed by atoms with Crippen molar-refractivity contribution < 1.29 is 18.5 Å². The quantitative estimate of drug-likeness (QED) is 0.639. The molecule has 1 saturated heterocycles. The van der Waals surface area contributed by atoms with Crippen molar-refractivity contribution in [1.82, 2.24) is 0 Å². The molecule has 0 aromatic rings.